The van der Waals surface area contributed by atoms with Gasteiger partial charge in [-0.25, -0.2) is 9.18 Å². The maximum Gasteiger partial charge on any atom is 0.389 e. The van der Waals surface area contributed by atoms with E-state index in [-0.39, 0.29) is 5.82 Å². The van der Waals surface area contributed by atoms with Crippen LogP contribution in [0.4, 0.5) is 4.39 Å². The average Bonchev–Trinajstić information content (AvgIpc) is 3.33. The third kappa shape index (κ3) is 3.73. The molecule has 4 aliphatic rings. The Labute approximate surface area is 251 Å². The van der Waals surface area contributed by atoms with Gasteiger partial charge >= 0.3 is 23.8 Å². The normalized spacial score (nSPS) is 33.2. The molecule has 1 amide bonds. The second kappa shape index (κ2) is 9.35. The zero-order valence-electron chi connectivity index (χ0n) is 24.5. The van der Waals surface area contributed by atoms with E-state index in [9.17, 15) is 28.7 Å². The molecule has 230 valence electrons. The van der Waals surface area contributed by atoms with Crippen LogP contribution in [0.25, 0.3) is 10.9 Å². The molecule has 1 aliphatic carbocycles. The van der Waals surface area contributed by atoms with Crippen molar-refractivity contribution in [3.63, 3.8) is 0 Å². The summed E-state index contributed by atoms with van der Waals surface area (Å²) in [4.78, 5) is 60.8. The highest BCUT2D eigenvalue weighted by Gasteiger charge is 2.72. The third-order valence-electron chi connectivity index (χ3n) is 10.0. The Bertz CT molecular complexity index is 1730. The number of para-hydroxylation sites is 1. The van der Waals surface area contributed by atoms with Crippen LogP contribution in [0, 0.1) is 5.82 Å². The van der Waals surface area contributed by atoms with Crippen molar-refractivity contribution >= 4 is 34.7 Å². The lowest BCUT2D eigenvalue weighted by Gasteiger charge is -2.60. The molecular formula is C32H32FN3O8. The molecule has 4 heterocycles. The summed E-state index contributed by atoms with van der Waals surface area (Å²) in [6.45, 7) is 1.27. The van der Waals surface area contributed by atoms with E-state index in [2.05, 4.69) is 9.88 Å². The van der Waals surface area contributed by atoms with Crippen LogP contribution in [0.5, 0.6) is 0 Å². The maximum atomic E-state index is 13.9. The summed E-state index contributed by atoms with van der Waals surface area (Å²) in [7, 11) is 3.88. The van der Waals surface area contributed by atoms with Crippen LogP contribution in [0.1, 0.15) is 68.4 Å². The molecular weight excluding hydrogens is 573 g/mol. The Morgan fingerprint density at radius 1 is 0.977 bits per heavy atom. The number of nitrogens with one attached hydrogen (secondary N) is 1. The number of hydrogen-bond donors (Lipinski definition) is 2. The summed E-state index contributed by atoms with van der Waals surface area (Å²) in [6, 6.07) is 13.6. The van der Waals surface area contributed by atoms with Crippen molar-refractivity contribution in [2.24, 2.45) is 0 Å². The van der Waals surface area contributed by atoms with Crippen molar-refractivity contribution in [3.05, 3.63) is 71.2 Å². The van der Waals surface area contributed by atoms with Crippen molar-refractivity contribution in [3.8, 4) is 0 Å². The number of aliphatic hydroxyl groups is 1. The van der Waals surface area contributed by atoms with Crippen LogP contribution >= 0.6 is 0 Å². The van der Waals surface area contributed by atoms with Gasteiger partial charge in [0.2, 0.25) is 12.0 Å². The van der Waals surface area contributed by atoms with Crippen LogP contribution < -0.4 is 0 Å². The Morgan fingerprint density at radius 2 is 1.64 bits per heavy atom. The summed E-state index contributed by atoms with van der Waals surface area (Å²) < 4.78 is 31.7. The van der Waals surface area contributed by atoms with Gasteiger partial charge in [0.15, 0.2) is 5.60 Å². The zero-order chi connectivity index (χ0) is 31.2. The second-order valence-corrected chi connectivity index (χ2v) is 12.5. The average molecular weight is 606 g/mol. The Morgan fingerprint density at radius 3 is 2.30 bits per heavy atom. The second-order valence-electron chi connectivity index (χ2n) is 12.5. The molecule has 3 aliphatic heterocycles. The lowest BCUT2D eigenvalue weighted by Crippen LogP contribution is -2.71. The predicted molar refractivity (Wildman–Crippen MR) is 151 cm³/mol. The number of fused-ring (bicyclic) bond motifs is 7. The van der Waals surface area contributed by atoms with E-state index in [1.807, 2.05) is 32.3 Å². The van der Waals surface area contributed by atoms with Crippen LogP contribution in [0.3, 0.4) is 0 Å². The number of H-pyrrole nitrogens is 1. The first-order valence-electron chi connectivity index (χ1n) is 14.6. The molecule has 2 aromatic carbocycles. The Balaban J connectivity index is 1.49. The van der Waals surface area contributed by atoms with Gasteiger partial charge in [0, 0.05) is 34.6 Å². The zero-order valence-corrected chi connectivity index (χ0v) is 24.5. The van der Waals surface area contributed by atoms with Crippen molar-refractivity contribution < 1.29 is 42.9 Å². The van der Waals surface area contributed by atoms with E-state index in [0.29, 0.717) is 47.8 Å². The topological polar surface area (TPSA) is 138 Å². The minimum Gasteiger partial charge on any atom is -0.446 e. The number of amides is 1. The number of carbonyl (C=O) groups is 4. The third-order valence-corrected chi connectivity index (χ3v) is 10.0. The number of esters is 3. The van der Waals surface area contributed by atoms with Crippen LogP contribution in [-0.2, 0) is 44.5 Å². The summed E-state index contributed by atoms with van der Waals surface area (Å²) in [5.74, 6) is -6.68. The van der Waals surface area contributed by atoms with Gasteiger partial charge in [-0.3, -0.25) is 24.2 Å². The summed E-state index contributed by atoms with van der Waals surface area (Å²) >= 11 is 0. The number of halogens is 1. The molecule has 44 heavy (non-hydrogen) atoms. The van der Waals surface area contributed by atoms with E-state index >= 15 is 0 Å². The number of hydrogen-bond acceptors (Lipinski definition) is 9. The standard InChI is InChI=1S/C32H32FN3O8/c1-18(37)36-30(14-12-29(13-15-30,35(2)3)19-8-10-20(33)11-9-19)26-25(21-6-4-5-7-22(21)34-26)27-32(36)43-24(39)17-31(41,28(40)44-32)16-23(38)42-27/h4-11,27,34,41H,12-17H2,1-3H3. The van der Waals surface area contributed by atoms with E-state index < -0.39 is 65.4 Å². The molecule has 1 saturated carbocycles. The van der Waals surface area contributed by atoms with Gasteiger partial charge in [-0.05, 0) is 63.5 Å². The molecule has 12 heteroatoms. The minimum atomic E-state index is -2.52. The van der Waals surface area contributed by atoms with E-state index in [0.717, 1.165) is 5.56 Å². The SMILES string of the molecule is CC(=O)N1C2(CCC(c3ccc(F)cc3)(N(C)C)CC2)c2[nH]c3ccccc3c2C2OC(=O)CC3(O)CC(=O)OC21OC3=O. The number of rotatable bonds is 2. The fourth-order valence-electron chi connectivity index (χ4n) is 7.98. The quantitative estimate of drug-likeness (QED) is 0.422. The number of carbonyl (C=O) groups excluding carboxylic acids is 4. The highest BCUT2D eigenvalue weighted by molar-refractivity contribution is 5.94. The highest BCUT2D eigenvalue weighted by Crippen LogP contribution is 2.61. The first-order chi connectivity index (χ1) is 20.9. The van der Waals surface area contributed by atoms with Gasteiger partial charge in [0.05, 0.1) is 18.4 Å². The van der Waals surface area contributed by atoms with E-state index in [1.165, 1.54) is 24.0 Å². The molecule has 3 aromatic rings. The maximum absolute atomic E-state index is 13.9. The minimum absolute atomic E-state index is 0.295. The highest BCUT2D eigenvalue weighted by atomic mass is 19.1. The van der Waals surface area contributed by atoms with Crippen molar-refractivity contribution in [2.75, 3.05) is 14.1 Å². The summed E-state index contributed by atoms with van der Waals surface area (Å²) in [5, 5.41) is 11.7. The number of benzene rings is 2. The fraction of sp³-hybridized carbons (Fsp3) is 0.438. The molecule has 3 unspecified atom stereocenters. The van der Waals surface area contributed by atoms with Crippen molar-refractivity contribution in [1.29, 1.82) is 0 Å². The van der Waals surface area contributed by atoms with Gasteiger partial charge in [-0.1, -0.05) is 30.3 Å². The van der Waals surface area contributed by atoms with Crippen LogP contribution in [0.2, 0.25) is 0 Å². The van der Waals surface area contributed by atoms with Crippen LogP contribution in [0.15, 0.2) is 48.5 Å². The van der Waals surface area contributed by atoms with E-state index in [1.54, 1.807) is 18.2 Å². The molecule has 2 saturated heterocycles. The fourth-order valence-corrected chi connectivity index (χ4v) is 7.98. The molecule has 7 rings (SSSR count). The molecule has 2 spiro atoms. The lowest BCUT2D eigenvalue weighted by atomic mass is 9.64. The molecule has 11 nitrogen and oxygen atoms in total. The predicted octanol–water partition coefficient (Wildman–Crippen LogP) is 3.26. The number of aromatic nitrogens is 1. The smallest absolute Gasteiger partial charge is 0.389 e. The summed E-state index contributed by atoms with van der Waals surface area (Å²) in [5.41, 5.74) is -1.71. The van der Waals surface area contributed by atoms with Gasteiger partial charge < -0.3 is 24.3 Å². The van der Waals surface area contributed by atoms with Gasteiger partial charge in [0.1, 0.15) is 5.82 Å². The molecule has 0 radical (unpaired) electrons. The van der Waals surface area contributed by atoms with Crippen LogP contribution in [-0.4, -0.2) is 69.3 Å². The van der Waals surface area contributed by atoms with Gasteiger partial charge in [-0.15, -0.1) is 0 Å². The number of aromatic amines is 1. The number of ether oxygens (including phenoxy) is 3. The largest absolute Gasteiger partial charge is 0.446 e. The first-order valence-corrected chi connectivity index (χ1v) is 14.6. The molecule has 3 fully saturated rings. The lowest BCUT2D eigenvalue weighted by molar-refractivity contribution is -0.348. The Kier molecular flexibility index (Phi) is 6.05. The summed E-state index contributed by atoms with van der Waals surface area (Å²) in [6.07, 6.45) is -1.67. The first kappa shape index (κ1) is 28.5. The van der Waals surface area contributed by atoms with Gasteiger partial charge in [0.25, 0.3) is 0 Å². The van der Waals surface area contributed by atoms with Gasteiger partial charge in [-0.2, -0.15) is 0 Å². The van der Waals surface area contributed by atoms with E-state index in [4.69, 9.17) is 14.2 Å². The number of nitrogens with zero attached hydrogens (tertiary/aromatic N) is 2. The molecule has 2 bridgehead atoms. The van der Waals surface area contributed by atoms with Crippen molar-refractivity contribution in [1.82, 2.24) is 14.8 Å². The molecule has 3 atom stereocenters. The Hall–Kier alpha value is -4.29. The molecule has 2 N–H and O–H groups in total. The van der Waals surface area contributed by atoms with Crippen molar-refractivity contribution in [2.45, 2.75) is 74.1 Å². The monoisotopic (exact) mass is 605 g/mol. The molecule has 1 aromatic heterocycles.